The number of imidazole rings is 1. The topological polar surface area (TPSA) is 53.9 Å². The van der Waals surface area contributed by atoms with Crippen LogP contribution in [0.5, 0.6) is 0 Å². The number of carbonyl (C=O) groups excluding carboxylic acids is 1. The molecule has 0 unspecified atom stereocenters. The second-order valence-corrected chi connectivity index (χ2v) is 10.5. The van der Waals surface area contributed by atoms with Crippen molar-refractivity contribution in [3.63, 3.8) is 0 Å². The van der Waals surface area contributed by atoms with E-state index >= 15 is 0 Å². The van der Waals surface area contributed by atoms with Gasteiger partial charge < -0.3 is 14.5 Å². The van der Waals surface area contributed by atoms with Gasteiger partial charge in [0.2, 0.25) is 0 Å². The van der Waals surface area contributed by atoms with Gasteiger partial charge in [0.15, 0.2) is 0 Å². The Morgan fingerprint density at radius 1 is 0.775 bits per heavy atom. The van der Waals surface area contributed by atoms with Gasteiger partial charge in [-0.2, -0.15) is 0 Å². The number of amides is 1. The molecule has 3 heterocycles. The second-order valence-electron chi connectivity index (χ2n) is 10.5. The van der Waals surface area contributed by atoms with Crippen LogP contribution in [0.15, 0.2) is 122 Å². The number of nitrogens with zero attached hydrogens (tertiary/aromatic N) is 3. The van der Waals surface area contributed by atoms with E-state index in [4.69, 9.17) is 4.98 Å². The van der Waals surface area contributed by atoms with Gasteiger partial charge >= 0.3 is 0 Å². The van der Waals surface area contributed by atoms with Crippen molar-refractivity contribution in [2.45, 2.75) is 25.4 Å². The van der Waals surface area contributed by atoms with Gasteiger partial charge in [0.25, 0.3) is 5.91 Å². The zero-order valence-corrected chi connectivity index (χ0v) is 22.4. The van der Waals surface area contributed by atoms with Crippen LogP contribution in [0.1, 0.15) is 44.1 Å². The van der Waals surface area contributed by atoms with Crippen molar-refractivity contribution in [3.05, 3.63) is 161 Å². The molecule has 5 heteroatoms. The first-order valence-corrected chi connectivity index (χ1v) is 13.8. The molecule has 0 fully saturated rings. The zero-order valence-electron chi connectivity index (χ0n) is 22.4. The number of benzene rings is 4. The molecular weight excluding hydrogens is 492 g/mol. The highest BCUT2D eigenvalue weighted by Gasteiger charge is 2.40. The Bertz CT molecular complexity index is 1710. The van der Waals surface area contributed by atoms with Crippen molar-refractivity contribution in [3.8, 4) is 0 Å². The molecule has 196 valence electrons. The molecule has 40 heavy (non-hydrogen) atoms. The number of H-pyrrole nitrogens is 1. The third-order valence-corrected chi connectivity index (χ3v) is 8.30. The summed E-state index contributed by atoms with van der Waals surface area (Å²) in [6.07, 6.45) is 2.75. The lowest BCUT2D eigenvalue weighted by atomic mass is 9.76. The highest BCUT2D eigenvalue weighted by atomic mass is 16.2. The van der Waals surface area contributed by atoms with E-state index in [-0.39, 0.29) is 5.91 Å². The number of aromatic nitrogens is 3. The highest BCUT2D eigenvalue weighted by Crippen LogP contribution is 2.42. The summed E-state index contributed by atoms with van der Waals surface area (Å²) in [5.41, 5.74) is 7.60. The maximum absolute atomic E-state index is 13.7. The monoisotopic (exact) mass is 522 g/mol. The molecule has 0 saturated carbocycles. The quantitative estimate of drug-likeness (QED) is 0.247. The van der Waals surface area contributed by atoms with E-state index < -0.39 is 5.54 Å². The molecule has 1 N–H and O–H groups in total. The van der Waals surface area contributed by atoms with Crippen molar-refractivity contribution >= 4 is 16.8 Å². The van der Waals surface area contributed by atoms with Crippen molar-refractivity contribution in [1.29, 1.82) is 0 Å². The van der Waals surface area contributed by atoms with Gasteiger partial charge in [-0.05, 0) is 29.7 Å². The maximum Gasteiger partial charge on any atom is 0.256 e. The lowest BCUT2D eigenvalue weighted by molar-refractivity contribution is 0.0726. The molecule has 7 rings (SSSR count). The van der Waals surface area contributed by atoms with Crippen LogP contribution in [0.3, 0.4) is 0 Å². The number of hydrogen-bond acceptors (Lipinski definition) is 2. The Morgan fingerprint density at radius 3 is 1.93 bits per heavy atom. The first-order chi connectivity index (χ1) is 19.7. The average molecular weight is 523 g/mol. The van der Waals surface area contributed by atoms with Gasteiger partial charge in [-0.15, -0.1) is 0 Å². The van der Waals surface area contributed by atoms with E-state index in [0.29, 0.717) is 13.1 Å². The lowest BCUT2D eigenvalue weighted by Crippen LogP contribution is -2.39. The Kier molecular flexibility index (Phi) is 5.85. The van der Waals surface area contributed by atoms with Crippen LogP contribution in [0.25, 0.3) is 10.9 Å². The Balaban J connectivity index is 1.35. The summed E-state index contributed by atoms with van der Waals surface area (Å²) in [6, 6.07) is 39.9. The smallest absolute Gasteiger partial charge is 0.256 e. The maximum atomic E-state index is 13.7. The van der Waals surface area contributed by atoms with Crippen LogP contribution in [-0.4, -0.2) is 31.9 Å². The van der Waals surface area contributed by atoms with Crippen molar-refractivity contribution in [1.82, 2.24) is 19.4 Å². The van der Waals surface area contributed by atoms with Crippen molar-refractivity contribution in [2.24, 2.45) is 0 Å². The summed E-state index contributed by atoms with van der Waals surface area (Å²) in [5, 5.41) is 0.991. The fourth-order valence-electron chi connectivity index (χ4n) is 6.36. The molecular formula is C35H30N4O. The van der Waals surface area contributed by atoms with Crippen LogP contribution < -0.4 is 0 Å². The van der Waals surface area contributed by atoms with Gasteiger partial charge in [-0.1, -0.05) is 109 Å². The predicted octanol–water partition coefficient (Wildman–Crippen LogP) is 6.71. The van der Waals surface area contributed by atoms with Crippen LogP contribution in [0.2, 0.25) is 0 Å². The molecule has 1 aliphatic heterocycles. The zero-order chi connectivity index (χ0) is 27.1. The second kappa shape index (κ2) is 9.69. The third kappa shape index (κ3) is 3.69. The van der Waals surface area contributed by atoms with E-state index in [0.717, 1.165) is 56.7 Å². The molecule has 1 aliphatic rings. The Hall–Kier alpha value is -4.90. The summed E-state index contributed by atoms with van der Waals surface area (Å²) in [7, 11) is 0. The molecule has 0 spiro atoms. The molecule has 4 aromatic carbocycles. The Morgan fingerprint density at radius 2 is 1.32 bits per heavy atom. The largest absolute Gasteiger partial charge is 0.358 e. The molecule has 1 amide bonds. The molecule has 6 aromatic rings. The van der Waals surface area contributed by atoms with Gasteiger partial charge in [-0.3, -0.25) is 4.79 Å². The van der Waals surface area contributed by atoms with Crippen LogP contribution in [0.4, 0.5) is 0 Å². The van der Waals surface area contributed by atoms with Crippen LogP contribution >= 0.6 is 0 Å². The third-order valence-electron chi connectivity index (χ3n) is 8.30. The minimum atomic E-state index is -0.630. The molecule has 0 bridgehead atoms. The van der Waals surface area contributed by atoms with E-state index in [1.54, 1.807) is 0 Å². The normalized spacial score (nSPS) is 13.5. The molecule has 0 saturated heterocycles. The number of nitrogens with one attached hydrogen (secondary N) is 1. The summed E-state index contributed by atoms with van der Waals surface area (Å²) in [5.74, 6) is 0.0630. The molecule has 5 nitrogen and oxygen atoms in total. The summed E-state index contributed by atoms with van der Waals surface area (Å²) >= 11 is 0. The minimum absolute atomic E-state index is 0.0630. The number of rotatable bonds is 6. The van der Waals surface area contributed by atoms with E-state index in [1.807, 2.05) is 35.5 Å². The first-order valence-electron chi connectivity index (χ1n) is 13.8. The summed E-state index contributed by atoms with van der Waals surface area (Å²) < 4.78 is 2.29. The SMILES string of the molecule is Cc1c(CN2CCc3[nH]c4ccccc4c3C2=O)ncn1C(c1ccccc1)(c1ccccc1)c1ccccc1. The van der Waals surface area contributed by atoms with E-state index in [2.05, 4.69) is 107 Å². The fourth-order valence-corrected chi connectivity index (χ4v) is 6.36. The van der Waals surface area contributed by atoms with Crippen LogP contribution in [0, 0.1) is 6.92 Å². The van der Waals surface area contributed by atoms with Crippen molar-refractivity contribution in [2.75, 3.05) is 6.54 Å². The molecule has 0 radical (unpaired) electrons. The number of fused-ring (bicyclic) bond motifs is 3. The van der Waals surface area contributed by atoms with Gasteiger partial charge in [0.1, 0.15) is 5.54 Å². The molecule has 2 aromatic heterocycles. The number of hydrogen-bond donors (Lipinski definition) is 1. The number of para-hydroxylation sites is 1. The van der Waals surface area contributed by atoms with E-state index in [1.165, 1.54) is 0 Å². The predicted molar refractivity (Wildman–Crippen MR) is 158 cm³/mol. The Labute approximate surface area is 233 Å². The first kappa shape index (κ1) is 24.2. The standard InChI is InChI=1S/C35H30N4O/c1-25-32(23-38-22-21-31-33(34(38)40)29-19-11-12-20-30(29)37-31)36-24-39(25)35(26-13-5-2-6-14-26,27-15-7-3-8-16-27)28-17-9-4-10-18-28/h2-20,24,37H,21-23H2,1H3. The lowest BCUT2D eigenvalue weighted by Gasteiger charge is -2.38. The average Bonchev–Trinajstić information content (AvgIpc) is 3.57. The van der Waals surface area contributed by atoms with Crippen molar-refractivity contribution < 1.29 is 4.79 Å². The fraction of sp³-hybridized carbons (Fsp3) is 0.143. The molecule has 0 atom stereocenters. The number of carbonyl (C=O) groups is 1. The van der Waals surface area contributed by atoms with Gasteiger partial charge in [0, 0.05) is 35.3 Å². The van der Waals surface area contributed by atoms with E-state index in [9.17, 15) is 4.79 Å². The summed E-state index contributed by atoms with van der Waals surface area (Å²) in [4.78, 5) is 24.1. The number of aromatic amines is 1. The van der Waals surface area contributed by atoms with Crippen LogP contribution in [-0.2, 0) is 18.5 Å². The minimum Gasteiger partial charge on any atom is -0.358 e. The van der Waals surface area contributed by atoms with Gasteiger partial charge in [0.05, 0.1) is 24.1 Å². The highest BCUT2D eigenvalue weighted by molar-refractivity contribution is 6.08. The molecule has 0 aliphatic carbocycles. The van der Waals surface area contributed by atoms with Gasteiger partial charge in [-0.25, -0.2) is 4.98 Å². The summed E-state index contributed by atoms with van der Waals surface area (Å²) in [6.45, 7) is 3.24.